The standard InChI is InChI=1S/C14H12ClO3P/c15-19(16,17)18-9-14-12-7-3-1-5-10(12)11-6-2-4-8-13(11)14/h1-8,14H,9H2,(H,16,17). The molecule has 3 rings (SSSR count). The first-order valence-electron chi connectivity index (χ1n) is 5.91. The number of hydrogen-bond acceptors (Lipinski definition) is 2. The van der Waals surface area contributed by atoms with E-state index in [1.165, 1.54) is 0 Å². The summed E-state index contributed by atoms with van der Waals surface area (Å²) in [7, 11) is 0. The van der Waals surface area contributed by atoms with Crippen LogP contribution in [-0.2, 0) is 9.09 Å². The smallest absolute Gasteiger partial charge is 0.313 e. The van der Waals surface area contributed by atoms with Gasteiger partial charge >= 0.3 is 6.95 Å². The zero-order chi connectivity index (χ0) is 13.5. The minimum Gasteiger partial charge on any atom is -0.313 e. The SMILES string of the molecule is O=P(O)(Cl)OCC1c2ccccc2-c2ccccc21. The summed E-state index contributed by atoms with van der Waals surface area (Å²) < 4.78 is 16.0. The normalized spacial score (nSPS) is 16.7. The highest BCUT2D eigenvalue weighted by Crippen LogP contribution is 2.51. The van der Waals surface area contributed by atoms with Gasteiger partial charge in [-0.1, -0.05) is 48.5 Å². The van der Waals surface area contributed by atoms with Crippen molar-refractivity contribution in [2.24, 2.45) is 0 Å². The molecule has 0 saturated heterocycles. The third kappa shape index (κ3) is 2.47. The van der Waals surface area contributed by atoms with Crippen molar-refractivity contribution in [2.45, 2.75) is 5.92 Å². The number of hydrogen-bond donors (Lipinski definition) is 1. The first-order chi connectivity index (χ1) is 9.06. The lowest BCUT2D eigenvalue weighted by Gasteiger charge is -2.14. The summed E-state index contributed by atoms with van der Waals surface area (Å²) in [6, 6.07) is 16.0. The summed E-state index contributed by atoms with van der Waals surface area (Å²) in [5.74, 6) is -0.0494. The predicted molar refractivity (Wildman–Crippen MR) is 75.4 cm³/mol. The molecule has 0 amide bonds. The summed E-state index contributed by atoms with van der Waals surface area (Å²) in [4.78, 5) is 9.07. The number of benzene rings is 2. The molecule has 0 heterocycles. The molecular formula is C14H12ClO3P. The lowest BCUT2D eigenvalue weighted by molar-refractivity contribution is 0.266. The second-order valence-corrected chi connectivity index (χ2v) is 6.92. The fourth-order valence-electron chi connectivity index (χ4n) is 2.61. The fourth-order valence-corrected chi connectivity index (χ4v) is 3.11. The van der Waals surface area contributed by atoms with Crippen molar-refractivity contribution < 1.29 is 14.0 Å². The van der Waals surface area contributed by atoms with Gasteiger partial charge in [0.05, 0.1) is 6.61 Å². The number of rotatable bonds is 3. The molecule has 3 nitrogen and oxygen atoms in total. The van der Waals surface area contributed by atoms with Gasteiger partial charge in [-0.2, -0.15) is 0 Å². The van der Waals surface area contributed by atoms with E-state index in [4.69, 9.17) is 20.7 Å². The molecule has 1 aliphatic rings. The lowest BCUT2D eigenvalue weighted by atomic mass is 9.98. The first-order valence-corrected chi connectivity index (χ1v) is 8.40. The van der Waals surface area contributed by atoms with Crippen LogP contribution in [0.15, 0.2) is 48.5 Å². The van der Waals surface area contributed by atoms with Gasteiger partial charge in [-0.05, 0) is 22.3 Å². The van der Waals surface area contributed by atoms with Gasteiger partial charge in [0.2, 0.25) is 0 Å². The Labute approximate surface area is 116 Å². The van der Waals surface area contributed by atoms with Crippen LogP contribution in [0.3, 0.4) is 0 Å². The Bertz CT molecular complexity index is 620. The molecule has 98 valence electrons. The van der Waals surface area contributed by atoms with Gasteiger partial charge in [0, 0.05) is 17.2 Å². The molecule has 0 aliphatic heterocycles. The highest BCUT2D eigenvalue weighted by Gasteiger charge is 2.30. The van der Waals surface area contributed by atoms with Crippen LogP contribution in [0.25, 0.3) is 11.1 Å². The number of halogens is 1. The van der Waals surface area contributed by atoms with Crippen molar-refractivity contribution in [3.63, 3.8) is 0 Å². The Kier molecular flexibility index (Phi) is 3.23. The Morgan fingerprint density at radius 1 is 1.05 bits per heavy atom. The zero-order valence-electron chi connectivity index (χ0n) is 9.99. The molecule has 0 bridgehead atoms. The molecule has 0 fully saturated rings. The summed E-state index contributed by atoms with van der Waals surface area (Å²) in [6.07, 6.45) is 0. The van der Waals surface area contributed by atoms with E-state index in [0.717, 1.165) is 22.3 Å². The van der Waals surface area contributed by atoms with Crippen LogP contribution < -0.4 is 0 Å². The monoisotopic (exact) mass is 294 g/mol. The van der Waals surface area contributed by atoms with Gasteiger partial charge < -0.3 is 4.89 Å². The van der Waals surface area contributed by atoms with Crippen molar-refractivity contribution in [3.8, 4) is 11.1 Å². The van der Waals surface area contributed by atoms with Crippen LogP contribution in [-0.4, -0.2) is 11.5 Å². The maximum Gasteiger partial charge on any atom is 0.421 e. The second-order valence-electron chi connectivity index (χ2n) is 4.47. The maximum atomic E-state index is 11.1. The van der Waals surface area contributed by atoms with E-state index >= 15 is 0 Å². The van der Waals surface area contributed by atoms with Gasteiger partial charge in [-0.3, -0.25) is 4.52 Å². The van der Waals surface area contributed by atoms with Crippen LogP contribution in [0.5, 0.6) is 0 Å². The topological polar surface area (TPSA) is 46.5 Å². The van der Waals surface area contributed by atoms with Crippen molar-refractivity contribution in [2.75, 3.05) is 6.61 Å². The van der Waals surface area contributed by atoms with Crippen LogP contribution in [0, 0.1) is 0 Å². The second kappa shape index (κ2) is 4.77. The molecule has 1 aliphatic carbocycles. The Morgan fingerprint density at radius 2 is 1.53 bits per heavy atom. The molecule has 2 aromatic carbocycles. The average molecular weight is 295 g/mol. The van der Waals surface area contributed by atoms with Crippen LogP contribution in [0.2, 0.25) is 0 Å². The molecule has 2 aromatic rings. The van der Waals surface area contributed by atoms with E-state index in [9.17, 15) is 4.57 Å². The fraction of sp³-hybridized carbons (Fsp3) is 0.143. The zero-order valence-corrected chi connectivity index (χ0v) is 11.6. The van der Waals surface area contributed by atoms with Gasteiger partial charge in [-0.25, -0.2) is 4.57 Å². The molecule has 0 radical (unpaired) electrons. The number of fused-ring (bicyclic) bond motifs is 3. The van der Waals surface area contributed by atoms with Gasteiger partial charge in [0.15, 0.2) is 0 Å². The van der Waals surface area contributed by atoms with Crippen molar-refractivity contribution in [1.29, 1.82) is 0 Å². The van der Waals surface area contributed by atoms with Crippen LogP contribution in [0.4, 0.5) is 0 Å². The first kappa shape index (κ1) is 12.9. The molecule has 0 spiro atoms. The molecule has 1 atom stereocenters. The van der Waals surface area contributed by atoms with Gasteiger partial charge in [0.25, 0.3) is 0 Å². The largest absolute Gasteiger partial charge is 0.421 e. The van der Waals surface area contributed by atoms with Gasteiger partial charge in [-0.15, -0.1) is 0 Å². The average Bonchev–Trinajstić information content (AvgIpc) is 2.70. The quantitative estimate of drug-likeness (QED) is 0.865. The molecule has 19 heavy (non-hydrogen) atoms. The van der Waals surface area contributed by atoms with Crippen LogP contribution >= 0.6 is 18.2 Å². The Balaban J connectivity index is 2.03. The van der Waals surface area contributed by atoms with Crippen molar-refractivity contribution in [1.82, 2.24) is 0 Å². The molecule has 1 N–H and O–H groups in total. The summed E-state index contributed by atoms with van der Waals surface area (Å²) in [6.45, 7) is -3.87. The maximum absolute atomic E-state index is 11.1. The van der Waals surface area contributed by atoms with E-state index in [-0.39, 0.29) is 12.5 Å². The molecule has 1 unspecified atom stereocenters. The van der Waals surface area contributed by atoms with Crippen molar-refractivity contribution in [3.05, 3.63) is 59.7 Å². The Hall–Kier alpha value is -1.12. The van der Waals surface area contributed by atoms with Crippen LogP contribution in [0.1, 0.15) is 17.0 Å². The lowest BCUT2D eigenvalue weighted by Crippen LogP contribution is -2.04. The highest BCUT2D eigenvalue weighted by atomic mass is 35.7. The van der Waals surface area contributed by atoms with E-state index in [2.05, 4.69) is 0 Å². The summed E-state index contributed by atoms with van der Waals surface area (Å²) >= 11 is 5.25. The van der Waals surface area contributed by atoms with E-state index in [1.807, 2.05) is 48.5 Å². The Morgan fingerprint density at radius 3 is 2.00 bits per heavy atom. The minimum atomic E-state index is -3.97. The third-order valence-electron chi connectivity index (χ3n) is 3.36. The molecular weight excluding hydrogens is 283 g/mol. The molecule has 5 heteroatoms. The molecule has 0 aromatic heterocycles. The van der Waals surface area contributed by atoms with E-state index in [1.54, 1.807) is 0 Å². The van der Waals surface area contributed by atoms with E-state index < -0.39 is 6.95 Å². The minimum absolute atomic E-state index is 0.0494. The highest BCUT2D eigenvalue weighted by molar-refractivity contribution is 7.80. The predicted octanol–water partition coefficient (Wildman–Crippen LogP) is 4.15. The van der Waals surface area contributed by atoms with E-state index in [0.29, 0.717) is 0 Å². The third-order valence-corrected chi connectivity index (χ3v) is 4.12. The van der Waals surface area contributed by atoms with Gasteiger partial charge in [0.1, 0.15) is 0 Å². The molecule has 0 saturated carbocycles. The summed E-state index contributed by atoms with van der Waals surface area (Å²) in [5.41, 5.74) is 4.51. The van der Waals surface area contributed by atoms with Crippen molar-refractivity contribution >= 4 is 18.2 Å². The summed E-state index contributed by atoms with van der Waals surface area (Å²) in [5, 5.41) is 0.